The zero-order valence-electron chi connectivity index (χ0n) is 4.94. The van der Waals surface area contributed by atoms with E-state index in [1.807, 2.05) is 0 Å². The van der Waals surface area contributed by atoms with Gasteiger partial charge in [0, 0.05) is 0 Å². The third-order valence-corrected chi connectivity index (χ3v) is 0.289. The van der Waals surface area contributed by atoms with Crippen LogP contribution in [0.3, 0.4) is 0 Å². The van der Waals surface area contributed by atoms with E-state index in [9.17, 15) is 10.2 Å². The summed E-state index contributed by atoms with van der Waals surface area (Å²) in [6.45, 7) is -0.438. The number of rotatable bonds is 2. The maximum absolute atomic E-state index is 9.33. The van der Waals surface area contributed by atoms with Crippen molar-refractivity contribution in [1.82, 2.24) is 0 Å². The van der Waals surface area contributed by atoms with Crippen molar-refractivity contribution < 1.29 is 47.9 Å². The fourth-order valence-electron chi connectivity index (χ4n) is 0.0589. The molecule has 7 heavy (non-hydrogen) atoms. The molecule has 0 aliphatic carbocycles. The van der Waals surface area contributed by atoms with Crippen molar-refractivity contribution in [1.29, 1.82) is 0 Å². The molecule has 2 nitrogen and oxygen atoms in total. The van der Waals surface area contributed by atoms with Crippen LogP contribution in [0.5, 0.6) is 0 Å². The van der Waals surface area contributed by atoms with Crippen molar-refractivity contribution in [3.8, 4) is 0 Å². The first-order chi connectivity index (χ1) is 2.41. The molecule has 0 bridgehead atoms. The maximum Gasteiger partial charge on any atom is 1.00 e. The summed E-state index contributed by atoms with van der Waals surface area (Å²) in [6, 6.07) is 0. The molecular weight excluding hydrogens is 81.9 g/mol. The molecular formula is C3H6Li2O2. The smallest absolute Gasteiger partial charge is 0.854 e. The molecule has 0 aliphatic heterocycles. The SMILES string of the molecule is [Li+].[Li+].[O-]CCC[O-]. The van der Waals surface area contributed by atoms with Gasteiger partial charge in [0.05, 0.1) is 0 Å². The average molecular weight is 88.0 g/mol. The summed E-state index contributed by atoms with van der Waals surface area (Å²) in [5, 5.41) is 18.7. The Morgan fingerprint density at radius 3 is 1.14 bits per heavy atom. The minimum atomic E-state index is -0.219. The molecule has 0 aromatic heterocycles. The molecule has 0 atom stereocenters. The molecule has 0 N–H and O–H groups in total. The first kappa shape index (κ1) is 15.7. The monoisotopic (exact) mass is 88.1 g/mol. The second kappa shape index (κ2) is 15.7. The quantitative estimate of drug-likeness (QED) is 0.315. The fraction of sp³-hybridized carbons (Fsp3) is 1.00. The summed E-state index contributed by atoms with van der Waals surface area (Å²) in [4.78, 5) is 0. The topological polar surface area (TPSA) is 46.1 Å². The predicted molar refractivity (Wildman–Crippen MR) is 14.4 cm³/mol. The molecule has 0 spiro atoms. The Kier molecular flexibility index (Phi) is 35.2. The Balaban J connectivity index is -0.0000000800. The van der Waals surface area contributed by atoms with Crippen LogP contribution >= 0.6 is 0 Å². The van der Waals surface area contributed by atoms with E-state index in [4.69, 9.17) is 0 Å². The van der Waals surface area contributed by atoms with E-state index in [-0.39, 0.29) is 57.4 Å². The van der Waals surface area contributed by atoms with Gasteiger partial charge in [-0.05, 0) is 0 Å². The molecule has 0 radical (unpaired) electrons. The molecule has 0 fully saturated rings. The minimum absolute atomic E-state index is 0. The van der Waals surface area contributed by atoms with Gasteiger partial charge < -0.3 is 10.2 Å². The van der Waals surface area contributed by atoms with Gasteiger partial charge in [-0.25, -0.2) is 0 Å². The van der Waals surface area contributed by atoms with Gasteiger partial charge in [-0.1, -0.05) is 6.42 Å². The van der Waals surface area contributed by atoms with Gasteiger partial charge in [-0.2, -0.15) is 0 Å². The molecule has 0 aromatic carbocycles. The molecule has 0 saturated carbocycles. The van der Waals surface area contributed by atoms with Crippen LogP contribution in [0.1, 0.15) is 6.42 Å². The molecule has 0 heterocycles. The molecule has 0 aliphatic rings. The Hall–Kier alpha value is 1.11. The van der Waals surface area contributed by atoms with E-state index < -0.39 is 0 Å². The van der Waals surface area contributed by atoms with Crippen molar-refractivity contribution in [2.75, 3.05) is 13.2 Å². The average Bonchev–Trinajstić information content (AvgIpc) is 1.41. The standard InChI is InChI=1S/C3H6O2.2Li/c4-2-1-3-5;;/h1-3H2;;/q-2;2*+1. The van der Waals surface area contributed by atoms with Crippen molar-refractivity contribution in [2.24, 2.45) is 0 Å². The van der Waals surface area contributed by atoms with Gasteiger partial charge in [-0.3, -0.25) is 0 Å². The third-order valence-electron chi connectivity index (χ3n) is 0.289. The van der Waals surface area contributed by atoms with Gasteiger partial charge in [0.15, 0.2) is 0 Å². The Labute approximate surface area is 67.7 Å². The van der Waals surface area contributed by atoms with Crippen LogP contribution in [0.4, 0.5) is 0 Å². The van der Waals surface area contributed by atoms with E-state index in [1.54, 1.807) is 0 Å². The first-order valence-corrected chi connectivity index (χ1v) is 1.58. The van der Waals surface area contributed by atoms with E-state index >= 15 is 0 Å². The number of hydrogen-bond donors (Lipinski definition) is 0. The first-order valence-electron chi connectivity index (χ1n) is 1.58. The van der Waals surface area contributed by atoms with Gasteiger partial charge in [0.2, 0.25) is 0 Å². The molecule has 32 valence electrons. The van der Waals surface area contributed by atoms with Crippen LogP contribution in [0.25, 0.3) is 0 Å². The van der Waals surface area contributed by atoms with Gasteiger partial charge in [0.25, 0.3) is 0 Å². The molecule has 4 heteroatoms. The second-order valence-corrected chi connectivity index (χ2v) is 0.762. The van der Waals surface area contributed by atoms with Gasteiger partial charge >= 0.3 is 37.7 Å². The third kappa shape index (κ3) is 19.2. The minimum Gasteiger partial charge on any atom is -0.854 e. The van der Waals surface area contributed by atoms with Crippen LogP contribution in [-0.2, 0) is 0 Å². The zero-order valence-corrected chi connectivity index (χ0v) is 4.94. The second-order valence-electron chi connectivity index (χ2n) is 0.762. The summed E-state index contributed by atoms with van der Waals surface area (Å²) in [5.41, 5.74) is 0. The van der Waals surface area contributed by atoms with E-state index in [0.717, 1.165) is 0 Å². The van der Waals surface area contributed by atoms with Gasteiger partial charge in [-0.15, -0.1) is 13.2 Å². The van der Waals surface area contributed by atoms with Crippen molar-refractivity contribution in [3.63, 3.8) is 0 Å². The molecule has 0 unspecified atom stereocenters. The summed E-state index contributed by atoms with van der Waals surface area (Å²) in [5.74, 6) is 0. The van der Waals surface area contributed by atoms with E-state index in [0.29, 0.717) is 0 Å². The van der Waals surface area contributed by atoms with Crippen LogP contribution in [-0.4, -0.2) is 13.2 Å². The predicted octanol–water partition coefficient (Wildman–Crippen LogP) is -7.89. The van der Waals surface area contributed by atoms with E-state index in [1.165, 1.54) is 0 Å². The maximum atomic E-state index is 9.33. The molecule has 0 rings (SSSR count). The van der Waals surface area contributed by atoms with Crippen molar-refractivity contribution >= 4 is 0 Å². The molecule has 0 saturated heterocycles. The largest absolute Gasteiger partial charge is 1.00 e. The Bertz CT molecular complexity index is 18.4. The van der Waals surface area contributed by atoms with Crippen LogP contribution < -0.4 is 47.9 Å². The Morgan fingerprint density at radius 2 is 1.14 bits per heavy atom. The summed E-state index contributed by atoms with van der Waals surface area (Å²) in [6.07, 6.45) is 0.278. The van der Waals surface area contributed by atoms with Crippen LogP contribution in [0.15, 0.2) is 0 Å². The van der Waals surface area contributed by atoms with Crippen LogP contribution in [0.2, 0.25) is 0 Å². The summed E-state index contributed by atoms with van der Waals surface area (Å²) >= 11 is 0. The van der Waals surface area contributed by atoms with Gasteiger partial charge in [0.1, 0.15) is 0 Å². The van der Waals surface area contributed by atoms with Crippen molar-refractivity contribution in [3.05, 3.63) is 0 Å². The fourth-order valence-corrected chi connectivity index (χ4v) is 0.0589. The summed E-state index contributed by atoms with van der Waals surface area (Å²) in [7, 11) is 0. The molecule has 0 aromatic rings. The Morgan fingerprint density at radius 1 is 0.857 bits per heavy atom. The molecule has 0 amide bonds. The number of hydrogen-bond acceptors (Lipinski definition) is 2. The zero-order chi connectivity index (χ0) is 4.12. The normalized spacial score (nSPS) is 6.00. The van der Waals surface area contributed by atoms with Crippen molar-refractivity contribution in [2.45, 2.75) is 6.42 Å². The van der Waals surface area contributed by atoms with E-state index in [2.05, 4.69) is 0 Å². The van der Waals surface area contributed by atoms with Crippen LogP contribution in [0, 0.1) is 0 Å². The summed E-state index contributed by atoms with van der Waals surface area (Å²) < 4.78 is 0.